The van der Waals surface area contributed by atoms with Gasteiger partial charge in [0.05, 0.1) is 5.69 Å². The van der Waals surface area contributed by atoms with Crippen molar-refractivity contribution < 1.29 is 8.42 Å². The number of hydrogen-bond acceptors (Lipinski definition) is 6. The van der Waals surface area contributed by atoms with E-state index in [2.05, 4.69) is 27.1 Å². The van der Waals surface area contributed by atoms with Gasteiger partial charge in [0, 0.05) is 45.1 Å². The summed E-state index contributed by atoms with van der Waals surface area (Å²) in [4.78, 5) is 2.37. The first-order chi connectivity index (χ1) is 12.0. The van der Waals surface area contributed by atoms with Crippen molar-refractivity contribution in [2.45, 2.75) is 38.1 Å². The van der Waals surface area contributed by atoms with Crippen LogP contribution in [0.5, 0.6) is 0 Å². The second kappa shape index (κ2) is 7.49. The average Bonchev–Trinajstić information content (AvgIpc) is 3.02. The fraction of sp³-hybridized carbons (Fsp3) is 0.562. The third-order valence-corrected chi connectivity index (χ3v) is 6.38. The molecule has 0 bridgehead atoms. The highest BCUT2D eigenvalue weighted by Gasteiger charge is 2.31. The molecule has 136 valence electrons. The van der Waals surface area contributed by atoms with Crippen molar-refractivity contribution >= 4 is 15.8 Å². The third-order valence-electron chi connectivity index (χ3n) is 4.38. The van der Waals surface area contributed by atoms with Crippen LogP contribution < -0.4 is 4.90 Å². The SMILES string of the molecule is CCCCn1cc(S(=O)(=O)N2CCN(c3cccnn3)CC2)c(C)n1. The van der Waals surface area contributed by atoms with E-state index in [0.29, 0.717) is 36.8 Å². The number of piperazine rings is 1. The van der Waals surface area contributed by atoms with Crippen LogP contribution in [0, 0.1) is 6.92 Å². The van der Waals surface area contributed by atoms with Crippen LogP contribution in [0.2, 0.25) is 0 Å². The largest absolute Gasteiger partial charge is 0.352 e. The summed E-state index contributed by atoms with van der Waals surface area (Å²) in [5, 5.41) is 12.3. The maximum Gasteiger partial charge on any atom is 0.246 e. The highest BCUT2D eigenvalue weighted by atomic mass is 32.2. The maximum absolute atomic E-state index is 13.0. The number of sulfonamides is 1. The van der Waals surface area contributed by atoms with Gasteiger partial charge in [-0.15, -0.1) is 5.10 Å². The Bertz CT molecular complexity index is 797. The van der Waals surface area contributed by atoms with Gasteiger partial charge in [0.25, 0.3) is 0 Å². The number of nitrogens with zero attached hydrogens (tertiary/aromatic N) is 6. The average molecular weight is 364 g/mol. The van der Waals surface area contributed by atoms with Gasteiger partial charge in [-0.1, -0.05) is 13.3 Å². The molecule has 0 N–H and O–H groups in total. The molecule has 1 aliphatic heterocycles. The van der Waals surface area contributed by atoms with E-state index in [9.17, 15) is 8.42 Å². The summed E-state index contributed by atoms with van der Waals surface area (Å²) in [6.07, 6.45) is 5.32. The van der Waals surface area contributed by atoms with E-state index in [-0.39, 0.29) is 0 Å². The highest BCUT2D eigenvalue weighted by Crippen LogP contribution is 2.22. The quantitative estimate of drug-likeness (QED) is 0.768. The van der Waals surface area contributed by atoms with E-state index in [0.717, 1.165) is 25.2 Å². The zero-order chi connectivity index (χ0) is 17.9. The van der Waals surface area contributed by atoms with Crippen molar-refractivity contribution in [2.24, 2.45) is 0 Å². The molecule has 1 aliphatic rings. The van der Waals surface area contributed by atoms with E-state index in [1.54, 1.807) is 24.0 Å². The van der Waals surface area contributed by atoms with Gasteiger partial charge in [-0.25, -0.2) is 8.42 Å². The number of unbranched alkanes of at least 4 members (excludes halogenated alkanes) is 1. The van der Waals surface area contributed by atoms with Crippen molar-refractivity contribution in [1.29, 1.82) is 0 Å². The van der Waals surface area contributed by atoms with Crippen molar-refractivity contribution in [1.82, 2.24) is 24.3 Å². The summed E-state index contributed by atoms with van der Waals surface area (Å²) < 4.78 is 29.2. The molecule has 8 nitrogen and oxygen atoms in total. The van der Waals surface area contributed by atoms with Crippen LogP contribution in [0.3, 0.4) is 0 Å². The lowest BCUT2D eigenvalue weighted by Gasteiger charge is -2.34. The minimum atomic E-state index is -3.52. The van der Waals surface area contributed by atoms with Gasteiger partial charge in [-0.3, -0.25) is 4.68 Å². The molecule has 1 fully saturated rings. The lowest BCUT2D eigenvalue weighted by Crippen LogP contribution is -2.49. The Labute approximate surface area is 148 Å². The Morgan fingerprint density at radius 1 is 1.20 bits per heavy atom. The lowest BCUT2D eigenvalue weighted by atomic mass is 10.3. The minimum Gasteiger partial charge on any atom is -0.352 e. The molecule has 9 heteroatoms. The van der Waals surface area contributed by atoms with Crippen molar-refractivity contribution in [2.75, 3.05) is 31.1 Å². The summed E-state index contributed by atoms with van der Waals surface area (Å²) in [6.45, 7) is 6.65. The summed E-state index contributed by atoms with van der Waals surface area (Å²) >= 11 is 0. The summed E-state index contributed by atoms with van der Waals surface area (Å²) in [5.41, 5.74) is 0.562. The Morgan fingerprint density at radius 3 is 2.60 bits per heavy atom. The number of aryl methyl sites for hydroxylation is 2. The summed E-state index contributed by atoms with van der Waals surface area (Å²) in [7, 11) is -3.52. The summed E-state index contributed by atoms with van der Waals surface area (Å²) in [5.74, 6) is 0.781. The molecule has 0 spiro atoms. The Morgan fingerprint density at radius 2 is 1.96 bits per heavy atom. The smallest absolute Gasteiger partial charge is 0.246 e. The predicted molar refractivity (Wildman–Crippen MR) is 94.9 cm³/mol. The van der Waals surface area contributed by atoms with Crippen LogP contribution in [-0.2, 0) is 16.6 Å². The zero-order valence-electron chi connectivity index (χ0n) is 14.7. The first-order valence-electron chi connectivity index (χ1n) is 8.59. The monoisotopic (exact) mass is 364 g/mol. The molecule has 2 aromatic rings. The number of rotatable bonds is 6. The molecular formula is C16H24N6O2S. The second-order valence-electron chi connectivity index (χ2n) is 6.17. The highest BCUT2D eigenvalue weighted by molar-refractivity contribution is 7.89. The van der Waals surface area contributed by atoms with E-state index >= 15 is 0 Å². The first kappa shape index (κ1) is 17.8. The second-order valence-corrected chi connectivity index (χ2v) is 8.07. The predicted octanol–water partition coefficient (Wildman–Crippen LogP) is 1.29. The molecule has 3 rings (SSSR count). The molecule has 3 heterocycles. The fourth-order valence-corrected chi connectivity index (χ4v) is 4.54. The number of aromatic nitrogens is 4. The maximum atomic E-state index is 13.0. The normalized spacial score (nSPS) is 16.3. The van der Waals surface area contributed by atoms with Crippen LogP contribution in [0.1, 0.15) is 25.5 Å². The molecule has 0 aliphatic carbocycles. The molecule has 0 aromatic carbocycles. The van der Waals surface area contributed by atoms with Gasteiger partial charge < -0.3 is 4.90 Å². The van der Waals surface area contributed by atoms with Gasteiger partial charge >= 0.3 is 0 Å². The molecule has 0 saturated carbocycles. The van der Waals surface area contributed by atoms with Crippen LogP contribution in [-0.4, -0.2) is 58.9 Å². The van der Waals surface area contributed by atoms with E-state index in [4.69, 9.17) is 0 Å². The first-order valence-corrected chi connectivity index (χ1v) is 10.0. The third kappa shape index (κ3) is 3.82. The minimum absolute atomic E-state index is 0.316. The Balaban J connectivity index is 1.71. The number of hydrogen-bond donors (Lipinski definition) is 0. The molecule has 0 atom stereocenters. The molecule has 1 saturated heterocycles. The topological polar surface area (TPSA) is 84.2 Å². The molecule has 0 radical (unpaired) electrons. The van der Waals surface area contributed by atoms with Crippen LogP contribution in [0.4, 0.5) is 5.82 Å². The molecular weight excluding hydrogens is 340 g/mol. The van der Waals surface area contributed by atoms with Crippen molar-refractivity contribution in [3.05, 3.63) is 30.2 Å². The van der Waals surface area contributed by atoms with Gasteiger partial charge in [0.2, 0.25) is 10.0 Å². The zero-order valence-corrected chi connectivity index (χ0v) is 15.5. The molecule has 0 amide bonds. The van der Waals surface area contributed by atoms with Crippen LogP contribution in [0.15, 0.2) is 29.4 Å². The van der Waals surface area contributed by atoms with Crippen molar-refractivity contribution in [3.63, 3.8) is 0 Å². The standard InChI is InChI=1S/C16H24N6O2S/c1-3-4-8-21-13-15(14(2)19-21)25(23,24)22-11-9-20(10-12-22)16-6-5-7-17-18-16/h5-7,13H,3-4,8-12H2,1-2H3. The molecule has 2 aromatic heterocycles. The van der Waals surface area contributed by atoms with Crippen LogP contribution in [0.25, 0.3) is 0 Å². The van der Waals surface area contributed by atoms with Gasteiger partial charge in [0.15, 0.2) is 5.82 Å². The van der Waals surface area contributed by atoms with Crippen LogP contribution >= 0.6 is 0 Å². The fourth-order valence-electron chi connectivity index (χ4n) is 2.95. The Kier molecular flexibility index (Phi) is 5.33. The van der Waals surface area contributed by atoms with E-state index < -0.39 is 10.0 Å². The van der Waals surface area contributed by atoms with E-state index in [1.807, 2.05) is 12.1 Å². The van der Waals surface area contributed by atoms with Crippen molar-refractivity contribution in [3.8, 4) is 0 Å². The van der Waals surface area contributed by atoms with Gasteiger partial charge in [-0.2, -0.15) is 14.5 Å². The molecule has 25 heavy (non-hydrogen) atoms. The lowest BCUT2D eigenvalue weighted by molar-refractivity contribution is 0.383. The van der Waals surface area contributed by atoms with E-state index in [1.165, 1.54) is 4.31 Å². The van der Waals surface area contributed by atoms with Gasteiger partial charge in [0.1, 0.15) is 4.90 Å². The Hall–Kier alpha value is -2.00. The van der Waals surface area contributed by atoms with Gasteiger partial charge in [-0.05, 0) is 25.5 Å². The summed E-state index contributed by atoms with van der Waals surface area (Å²) in [6, 6.07) is 3.72. The molecule has 0 unspecified atom stereocenters. The number of anilines is 1.